The minimum Gasteiger partial charge on any atom is -0.347 e. The molecule has 1 amide bonds. The first-order chi connectivity index (χ1) is 12.1. The average molecular weight is 398 g/mol. The van der Waals surface area contributed by atoms with Crippen molar-refractivity contribution >= 4 is 33.5 Å². The lowest BCUT2D eigenvalue weighted by Crippen LogP contribution is -2.24. The number of benzene rings is 1. The van der Waals surface area contributed by atoms with Crippen LogP contribution in [0.25, 0.3) is 0 Å². The summed E-state index contributed by atoms with van der Waals surface area (Å²) in [5.74, 6) is 0.101. The molecule has 6 nitrogen and oxygen atoms in total. The second-order valence-corrected chi connectivity index (χ2v) is 6.25. The van der Waals surface area contributed by atoms with Gasteiger partial charge in [-0.05, 0) is 42.3 Å². The number of rotatable bonds is 5. The fraction of sp³-hybridized carbons (Fsp3) is 0.111. The van der Waals surface area contributed by atoms with Gasteiger partial charge in [0.1, 0.15) is 5.69 Å². The molecule has 2 heterocycles. The molecule has 0 saturated heterocycles. The minimum absolute atomic E-state index is 0.264. The molecule has 1 aromatic carbocycles. The second kappa shape index (κ2) is 7.85. The Morgan fingerprint density at radius 3 is 2.84 bits per heavy atom. The van der Waals surface area contributed by atoms with Gasteiger partial charge in [-0.15, -0.1) is 0 Å². The molecule has 25 heavy (non-hydrogen) atoms. The summed E-state index contributed by atoms with van der Waals surface area (Å²) in [6, 6.07) is 11.2. The molecule has 0 saturated carbocycles. The van der Waals surface area contributed by atoms with E-state index in [0.29, 0.717) is 18.2 Å². The van der Waals surface area contributed by atoms with E-state index in [4.69, 9.17) is 0 Å². The molecule has 0 atom stereocenters. The maximum atomic E-state index is 12.3. The Morgan fingerprint density at radius 2 is 2.08 bits per heavy atom. The quantitative estimate of drug-likeness (QED) is 0.687. The van der Waals surface area contributed by atoms with Gasteiger partial charge < -0.3 is 10.6 Å². The van der Waals surface area contributed by atoms with Crippen molar-refractivity contribution < 1.29 is 4.79 Å². The van der Waals surface area contributed by atoms with Gasteiger partial charge in [-0.1, -0.05) is 28.1 Å². The maximum absolute atomic E-state index is 12.3. The molecule has 0 radical (unpaired) electrons. The number of hydrogen-bond donors (Lipinski definition) is 2. The molecule has 7 heteroatoms. The molecule has 2 N–H and O–H groups in total. The molecule has 0 unspecified atom stereocenters. The molecule has 0 aliphatic heterocycles. The average Bonchev–Trinajstić information content (AvgIpc) is 2.64. The van der Waals surface area contributed by atoms with Crippen molar-refractivity contribution in [2.45, 2.75) is 13.5 Å². The van der Waals surface area contributed by atoms with Gasteiger partial charge in [-0.3, -0.25) is 9.78 Å². The number of hydrogen-bond acceptors (Lipinski definition) is 5. The monoisotopic (exact) mass is 397 g/mol. The van der Waals surface area contributed by atoms with Gasteiger partial charge in [0, 0.05) is 35.3 Å². The van der Waals surface area contributed by atoms with Crippen LogP contribution < -0.4 is 10.6 Å². The number of carbonyl (C=O) groups excluding carboxylic acids is 1. The largest absolute Gasteiger partial charge is 0.347 e. The fourth-order valence-electron chi connectivity index (χ4n) is 2.12. The molecule has 0 aliphatic carbocycles. The Labute approximate surface area is 153 Å². The van der Waals surface area contributed by atoms with Crippen LogP contribution in [-0.4, -0.2) is 20.9 Å². The maximum Gasteiger partial charge on any atom is 0.270 e. The van der Waals surface area contributed by atoms with Crippen molar-refractivity contribution in [3.63, 3.8) is 0 Å². The predicted molar refractivity (Wildman–Crippen MR) is 99.6 cm³/mol. The number of pyridine rings is 1. The summed E-state index contributed by atoms with van der Waals surface area (Å²) in [4.78, 5) is 24.7. The standard InChI is InChI=1S/C18H16BrN5O/c1-12-4-5-14(9-15(12)19)23-18-21-8-6-16(24-18)17(25)22-11-13-3-2-7-20-10-13/h2-10H,11H2,1H3,(H,22,25)(H,21,23,24). The summed E-state index contributed by atoms with van der Waals surface area (Å²) in [7, 11) is 0. The first kappa shape index (κ1) is 17.0. The van der Waals surface area contributed by atoms with Crippen molar-refractivity contribution in [3.8, 4) is 0 Å². The van der Waals surface area contributed by atoms with Crippen LogP contribution in [0.3, 0.4) is 0 Å². The number of nitrogens with zero attached hydrogens (tertiary/aromatic N) is 3. The Bertz CT molecular complexity index is 886. The third-order valence-corrected chi connectivity index (χ3v) is 4.35. The Morgan fingerprint density at radius 1 is 1.20 bits per heavy atom. The van der Waals surface area contributed by atoms with Crippen LogP contribution in [-0.2, 0) is 6.54 Å². The summed E-state index contributed by atoms with van der Waals surface area (Å²) in [5.41, 5.74) is 3.20. The van der Waals surface area contributed by atoms with Gasteiger partial charge in [0.25, 0.3) is 5.91 Å². The molecular weight excluding hydrogens is 382 g/mol. The molecular formula is C18H16BrN5O. The van der Waals surface area contributed by atoms with Crippen LogP contribution in [0.4, 0.5) is 11.6 Å². The lowest BCUT2D eigenvalue weighted by atomic mass is 10.2. The normalized spacial score (nSPS) is 10.3. The van der Waals surface area contributed by atoms with Crippen molar-refractivity contribution in [1.82, 2.24) is 20.3 Å². The molecule has 2 aromatic heterocycles. The summed E-state index contributed by atoms with van der Waals surface area (Å²) in [6.07, 6.45) is 4.96. The number of carbonyl (C=O) groups is 1. The van der Waals surface area contributed by atoms with E-state index in [-0.39, 0.29) is 5.91 Å². The number of halogens is 1. The highest BCUT2D eigenvalue weighted by Crippen LogP contribution is 2.22. The Kier molecular flexibility index (Phi) is 5.35. The van der Waals surface area contributed by atoms with E-state index >= 15 is 0 Å². The van der Waals surface area contributed by atoms with E-state index in [2.05, 4.69) is 41.5 Å². The van der Waals surface area contributed by atoms with Gasteiger partial charge in [0.15, 0.2) is 0 Å². The van der Waals surface area contributed by atoms with Crippen LogP contribution >= 0.6 is 15.9 Å². The van der Waals surface area contributed by atoms with Crippen LogP contribution in [0.5, 0.6) is 0 Å². The molecule has 126 valence electrons. The van der Waals surface area contributed by atoms with Crippen LogP contribution in [0, 0.1) is 6.92 Å². The zero-order valence-corrected chi connectivity index (χ0v) is 15.1. The van der Waals surface area contributed by atoms with E-state index in [1.807, 2.05) is 37.3 Å². The van der Waals surface area contributed by atoms with E-state index in [0.717, 1.165) is 21.3 Å². The molecule has 0 spiro atoms. The minimum atomic E-state index is -0.264. The SMILES string of the molecule is Cc1ccc(Nc2nccc(C(=O)NCc3cccnc3)n2)cc1Br. The van der Waals surface area contributed by atoms with Crippen LogP contribution in [0.2, 0.25) is 0 Å². The van der Waals surface area contributed by atoms with Gasteiger partial charge >= 0.3 is 0 Å². The lowest BCUT2D eigenvalue weighted by Gasteiger charge is -2.08. The summed E-state index contributed by atoms with van der Waals surface area (Å²) in [6.45, 7) is 2.40. The number of anilines is 2. The van der Waals surface area contributed by atoms with Crippen molar-refractivity contribution in [2.75, 3.05) is 5.32 Å². The number of amides is 1. The van der Waals surface area contributed by atoms with Crippen molar-refractivity contribution in [1.29, 1.82) is 0 Å². The Balaban J connectivity index is 1.68. The fourth-order valence-corrected chi connectivity index (χ4v) is 2.50. The summed E-state index contributed by atoms with van der Waals surface area (Å²) >= 11 is 3.49. The van der Waals surface area contributed by atoms with Gasteiger partial charge in [-0.2, -0.15) is 0 Å². The summed E-state index contributed by atoms with van der Waals surface area (Å²) < 4.78 is 0.989. The van der Waals surface area contributed by atoms with Gasteiger partial charge in [0.05, 0.1) is 0 Å². The smallest absolute Gasteiger partial charge is 0.270 e. The van der Waals surface area contributed by atoms with Crippen molar-refractivity contribution in [2.24, 2.45) is 0 Å². The van der Waals surface area contributed by atoms with E-state index < -0.39 is 0 Å². The zero-order valence-electron chi connectivity index (χ0n) is 13.5. The van der Waals surface area contributed by atoms with Crippen molar-refractivity contribution in [3.05, 3.63) is 76.3 Å². The lowest BCUT2D eigenvalue weighted by molar-refractivity contribution is 0.0946. The highest BCUT2D eigenvalue weighted by molar-refractivity contribution is 9.10. The van der Waals surface area contributed by atoms with E-state index in [1.54, 1.807) is 24.7 Å². The molecule has 0 aliphatic rings. The molecule has 0 fully saturated rings. The van der Waals surface area contributed by atoms with Gasteiger partial charge in [0.2, 0.25) is 5.95 Å². The molecule has 3 rings (SSSR count). The highest BCUT2D eigenvalue weighted by atomic mass is 79.9. The first-order valence-electron chi connectivity index (χ1n) is 7.65. The zero-order chi connectivity index (χ0) is 17.6. The number of aryl methyl sites for hydroxylation is 1. The number of aromatic nitrogens is 3. The first-order valence-corrected chi connectivity index (χ1v) is 8.44. The van der Waals surface area contributed by atoms with E-state index in [9.17, 15) is 4.79 Å². The van der Waals surface area contributed by atoms with Crippen LogP contribution in [0.15, 0.2) is 59.5 Å². The third-order valence-electron chi connectivity index (χ3n) is 3.49. The van der Waals surface area contributed by atoms with Crippen LogP contribution in [0.1, 0.15) is 21.6 Å². The van der Waals surface area contributed by atoms with Gasteiger partial charge in [-0.25, -0.2) is 9.97 Å². The Hall–Kier alpha value is -2.80. The molecule has 3 aromatic rings. The third kappa shape index (κ3) is 4.60. The predicted octanol–water partition coefficient (Wildman–Crippen LogP) is 3.62. The molecule has 0 bridgehead atoms. The summed E-state index contributed by atoms with van der Waals surface area (Å²) in [5, 5.41) is 5.92. The van der Waals surface area contributed by atoms with E-state index in [1.165, 1.54) is 0 Å². The topological polar surface area (TPSA) is 79.8 Å². The highest BCUT2D eigenvalue weighted by Gasteiger charge is 2.09. The second-order valence-electron chi connectivity index (χ2n) is 5.40. The number of nitrogens with one attached hydrogen (secondary N) is 2.